The summed E-state index contributed by atoms with van der Waals surface area (Å²) in [6.07, 6.45) is 1.42. The summed E-state index contributed by atoms with van der Waals surface area (Å²) in [5, 5.41) is 10.2. The smallest absolute Gasteiger partial charge is 0.339 e. The Morgan fingerprint density at radius 1 is 1.35 bits per heavy atom. The number of carbonyl (C=O) groups is 1. The highest BCUT2D eigenvalue weighted by Gasteiger charge is 2.34. The van der Waals surface area contributed by atoms with Gasteiger partial charge in [0.2, 0.25) is 0 Å². The van der Waals surface area contributed by atoms with Crippen molar-refractivity contribution in [3.63, 3.8) is 0 Å². The molecule has 0 aromatic heterocycles. The Hall–Kier alpha value is -1.85. The van der Waals surface area contributed by atoms with Crippen molar-refractivity contribution in [2.75, 3.05) is 13.7 Å². The zero-order chi connectivity index (χ0) is 16.7. The van der Waals surface area contributed by atoms with Gasteiger partial charge >= 0.3 is 5.97 Å². The van der Waals surface area contributed by atoms with Gasteiger partial charge in [0.1, 0.15) is 17.4 Å². The lowest BCUT2D eigenvalue weighted by Gasteiger charge is -2.31. The molecule has 126 valence electrons. The average Bonchev–Trinajstić information content (AvgIpc) is 2.55. The highest BCUT2D eigenvalue weighted by Crippen LogP contribution is 2.28. The van der Waals surface area contributed by atoms with E-state index in [1.165, 1.54) is 7.11 Å². The summed E-state index contributed by atoms with van der Waals surface area (Å²) in [6.45, 7) is 2.68. The van der Waals surface area contributed by atoms with Crippen molar-refractivity contribution >= 4 is 5.97 Å². The van der Waals surface area contributed by atoms with E-state index in [9.17, 15) is 9.90 Å². The standard InChI is InChI=1S/C18H24O5/c1-3-7-14-10-15(19)17(18(20)21-2)16(23-14)12-22-11-13-8-5-4-6-9-13/h4-6,8-9,14,16,19H,3,7,10-12H2,1-2H3/t14-,16-/m1/s1. The van der Waals surface area contributed by atoms with Crippen molar-refractivity contribution in [2.45, 2.75) is 45.0 Å². The van der Waals surface area contributed by atoms with Crippen LogP contribution in [0.5, 0.6) is 0 Å². The first-order chi connectivity index (χ1) is 11.2. The summed E-state index contributed by atoms with van der Waals surface area (Å²) in [6, 6.07) is 9.77. The fourth-order valence-corrected chi connectivity index (χ4v) is 2.69. The lowest BCUT2D eigenvalue weighted by atomic mass is 9.99. The maximum atomic E-state index is 11.9. The molecule has 0 saturated carbocycles. The molecule has 2 rings (SSSR count). The first kappa shape index (κ1) is 17.5. The van der Waals surface area contributed by atoms with Crippen LogP contribution in [0.2, 0.25) is 0 Å². The Morgan fingerprint density at radius 2 is 2.09 bits per heavy atom. The largest absolute Gasteiger partial charge is 0.512 e. The molecule has 0 aliphatic carbocycles. The van der Waals surface area contributed by atoms with Gasteiger partial charge in [-0.25, -0.2) is 4.79 Å². The van der Waals surface area contributed by atoms with Crippen molar-refractivity contribution in [3.8, 4) is 0 Å². The van der Waals surface area contributed by atoms with Gasteiger partial charge in [0.15, 0.2) is 0 Å². The second-order valence-corrected chi connectivity index (χ2v) is 5.59. The van der Waals surface area contributed by atoms with E-state index >= 15 is 0 Å². The minimum atomic E-state index is -0.600. The normalized spacial score (nSPS) is 21.3. The van der Waals surface area contributed by atoms with Crippen molar-refractivity contribution in [1.29, 1.82) is 0 Å². The maximum Gasteiger partial charge on any atom is 0.339 e. The Morgan fingerprint density at radius 3 is 2.74 bits per heavy atom. The van der Waals surface area contributed by atoms with E-state index in [1.54, 1.807) is 0 Å². The molecule has 1 aliphatic heterocycles. The Bertz CT molecular complexity index is 538. The van der Waals surface area contributed by atoms with Gasteiger partial charge in [-0.1, -0.05) is 43.7 Å². The molecule has 0 radical (unpaired) electrons. The van der Waals surface area contributed by atoms with Crippen molar-refractivity contribution in [3.05, 3.63) is 47.2 Å². The van der Waals surface area contributed by atoms with E-state index in [2.05, 4.69) is 6.92 Å². The molecule has 1 N–H and O–H groups in total. The molecule has 1 aromatic carbocycles. The average molecular weight is 320 g/mol. The summed E-state index contributed by atoms with van der Waals surface area (Å²) in [4.78, 5) is 11.9. The molecule has 0 spiro atoms. The third-order valence-corrected chi connectivity index (χ3v) is 3.81. The number of hydrogen-bond acceptors (Lipinski definition) is 5. The summed E-state index contributed by atoms with van der Waals surface area (Å²) in [5.74, 6) is -0.513. The topological polar surface area (TPSA) is 65.0 Å². The maximum absolute atomic E-state index is 11.9. The van der Waals surface area contributed by atoms with Crippen LogP contribution in [0, 0.1) is 0 Å². The molecule has 0 bridgehead atoms. The lowest BCUT2D eigenvalue weighted by molar-refractivity contribution is -0.141. The van der Waals surface area contributed by atoms with Gasteiger partial charge in [0.25, 0.3) is 0 Å². The number of aliphatic hydroxyl groups excluding tert-OH is 1. The van der Waals surface area contributed by atoms with Crippen LogP contribution in [0.3, 0.4) is 0 Å². The van der Waals surface area contributed by atoms with Crippen LogP contribution in [-0.4, -0.2) is 37.0 Å². The van der Waals surface area contributed by atoms with E-state index in [0.29, 0.717) is 13.0 Å². The Kier molecular flexibility index (Phi) is 6.62. The number of carbonyl (C=O) groups excluding carboxylic acids is 1. The molecule has 0 fully saturated rings. The van der Waals surface area contributed by atoms with Crippen LogP contribution in [0.4, 0.5) is 0 Å². The van der Waals surface area contributed by atoms with Gasteiger partial charge in [-0.15, -0.1) is 0 Å². The van der Waals surface area contributed by atoms with Crippen LogP contribution in [-0.2, 0) is 25.6 Å². The molecule has 1 aliphatic rings. The fourth-order valence-electron chi connectivity index (χ4n) is 2.69. The van der Waals surface area contributed by atoms with E-state index in [-0.39, 0.29) is 24.0 Å². The quantitative estimate of drug-likeness (QED) is 0.782. The third-order valence-electron chi connectivity index (χ3n) is 3.81. The molecule has 5 nitrogen and oxygen atoms in total. The second kappa shape index (κ2) is 8.70. The highest BCUT2D eigenvalue weighted by atomic mass is 16.6. The second-order valence-electron chi connectivity index (χ2n) is 5.59. The zero-order valence-corrected chi connectivity index (χ0v) is 13.7. The van der Waals surface area contributed by atoms with Crippen LogP contribution >= 0.6 is 0 Å². The van der Waals surface area contributed by atoms with E-state index in [1.807, 2.05) is 30.3 Å². The Balaban J connectivity index is 2.02. The molecule has 0 saturated heterocycles. The summed E-state index contributed by atoms with van der Waals surface area (Å²) >= 11 is 0. The SMILES string of the molecule is CCC[C@@H]1CC(O)=C(C(=O)OC)[C@@H](COCc2ccccc2)O1. The van der Waals surface area contributed by atoms with Crippen LogP contribution in [0.15, 0.2) is 41.7 Å². The zero-order valence-electron chi connectivity index (χ0n) is 13.7. The third kappa shape index (κ3) is 4.81. The fraction of sp³-hybridized carbons (Fsp3) is 0.500. The Labute approximate surface area is 136 Å². The molecule has 0 unspecified atom stereocenters. The van der Waals surface area contributed by atoms with Gasteiger partial charge < -0.3 is 19.3 Å². The minimum Gasteiger partial charge on any atom is -0.512 e. The number of ether oxygens (including phenoxy) is 3. The van der Waals surface area contributed by atoms with E-state index in [4.69, 9.17) is 14.2 Å². The number of methoxy groups -OCH3 is 1. The monoisotopic (exact) mass is 320 g/mol. The molecular formula is C18H24O5. The molecule has 5 heteroatoms. The summed E-state index contributed by atoms with van der Waals surface area (Å²) in [7, 11) is 1.29. The van der Waals surface area contributed by atoms with Crippen molar-refractivity contribution in [2.24, 2.45) is 0 Å². The molecule has 1 heterocycles. The number of hydrogen-bond donors (Lipinski definition) is 1. The van der Waals surface area contributed by atoms with E-state index in [0.717, 1.165) is 18.4 Å². The van der Waals surface area contributed by atoms with Crippen LogP contribution < -0.4 is 0 Å². The van der Waals surface area contributed by atoms with Gasteiger partial charge in [0.05, 0.1) is 26.4 Å². The molecule has 23 heavy (non-hydrogen) atoms. The summed E-state index contributed by atoms with van der Waals surface area (Å²) in [5.41, 5.74) is 1.22. The van der Waals surface area contributed by atoms with Crippen molar-refractivity contribution in [1.82, 2.24) is 0 Å². The number of rotatable bonds is 7. The summed E-state index contributed by atoms with van der Waals surface area (Å²) < 4.78 is 16.4. The van der Waals surface area contributed by atoms with E-state index < -0.39 is 12.1 Å². The number of aliphatic hydroxyl groups is 1. The molecule has 0 amide bonds. The predicted octanol–water partition coefficient (Wildman–Crippen LogP) is 3.15. The first-order valence-corrected chi connectivity index (χ1v) is 7.93. The van der Waals surface area contributed by atoms with Gasteiger partial charge in [-0.3, -0.25) is 0 Å². The number of esters is 1. The van der Waals surface area contributed by atoms with Crippen molar-refractivity contribution < 1.29 is 24.1 Å². The molecule has 1 aromatic rings. The van der Waals surface area contributed by atoms with Gasteiger partial charge in [-0.2, -0.15) is 0 Å². The van der Waals surface area contributed by atoms with Crippen LogP contribution in [0.1, 0.15) is 31.7 Å². The predicted molar refractivity (Wildman–Crippen MR) is 86.0 cm³/mol. The van der Waals surface area contributed by atoms with Gasteiger partial charge in [0, 0.05) is 6.42 Å². The molecular weight excluding hydrogens is 296 g/mol. The van der Waals surface area contributed by atoms with Gasteiger partial charge in [-0.05, 0) is 12.0 Å². The molecule has 2 atom stereocenters. The first-order valence-electron chi connectivity index (χ1n) is 7.93. The highest BCUT2D eigenvalue weighted by molar-refractivity contribution is 5.90. The lowest BCUT2D eigenvalue weighted by Crippen LogP contribution is -2.37. The van der Waals surface area contributed by atoms with Crippen LogP contribution in [0.25, 0.3) is 0 Å². The minimum absolute atomic E-state index is 0.0508. The number of benzene rings is 1.